The van der Waals surface area contributed by atoms with Gasteiger partial charge in [-0.2, -0.15) is 0 Å². The quantitative estimate of drug-likeness (QED) is 0.863. The van der Waals surface area contributed by atoms with Crippen molar-refractivity contribution in [2.45, 2.75) is 25.0 Å². The molecule has 1 aromatic heterocycles. The molecule has 0 amide bonds. The van der Waals surface area contributed by atoms with Crippen molar-refractivity contribution < 1.29 is 13.9 Å². The molecule has 6 heteroatoms. The van der Waals surface area contributed by atoms with Crippen LogP contribution in [0.1, 0.15) is 24.7 Å². The molecule has 3 heterocycles. The van der Waals surface area contributed by atoms with E-state index in [2.05, 4.69) is 15.1 Å². The van der Waals surface area contributed by atoms with Gasteiger partial charge >= 0.3 is 0 Å². The highest BCUT2D eigenvalue weighted by Gasteiger charge is 2.27. The molecule has 0 saturated carbocycles. The Balaban J connectivity index is 1.34. The van der Waals surface area contributed by atoms with E-state index < -0.39 is 0 Å². The first kappa shape index (κ1) is 14.8. The summed E-state index contributed by atoms with van der Waals surface area (Å²) >= 11 is 0. The molecule has 0 atom stereocenters. The van der Waals surface area contributed by atoms with Crippen molar-refractivity contribution in [2.24, 2.45) is 0 Å². The lowest BCUT2D eigenvalue weighted by Gasteiger charge is -2.31. The zero-order valence-electron chi connectivity index (χ0n) is 13.1. The monoisotopic (exact) mass is 315 g/mol. The molecule has 1 aromatic carbocycles. The van der Waals surface area contributed by atoms with E-state index in [1.165, 1.54) is 0 Å². The van der Waals surface area contributed by atoms with Crippen molar-refractivity contribution >= 4 is 0 Å². The number of hydrogen-bond donors (Lipinski definition) is 0. The van der Waals surface area contributed by atoms with Gasteiger partial charge in [0.25, 0.3) is 0 Å². The number of likely N-dealkylation sites (tertiary alicyclic amines) is 1. The van der Waals surface area contributed by atoms with Crippen LogP contribution in [0.4, 0.5) is 0 Å². The number of aromatic nitrogens is 2. The van der Waals surface area contributed by atoms with Crippen LogP contribution in [0.15, 0.2) is 34.7 Å². The summed E-state index contributed by atoms with van der Waals surface area (Å²) < 4.78 is 16.9. The van der Waals surface area contributed by atoms with Gasteiger partial charge in [-0.3, -0.25) is 4.90 Å². The standard InChI is InChI=1S/C17H21N3O3/c1-2-4-13(5-3-1)16-18-19-17(23-16)14-6-8-20(9-7-14)12-15-21-10-11-22-15/h1-5,14-15H,6-12H2. The van der Waals surface area contributed by atoms with Crippen molar-refractivity contribution in [2.75, 3.05) is 32.8 Å². The average molecular weight is 315 g/mol. The fourth-order valence-corrected chi connectivity index (χ4v) is 3.18. The highest BCUT2D eigenvalue weighted by Crippen LogP contribution is 2.29. The van der Waals surface area contributed by atoms with E-state index in [-0.39, 0.29) is 6.29 Å². The number of rotatable bonds is 4. The maximum atomic E-state index is 5.89. The van der Waals surface area contributed by atoms with Crippen LogP contribution in [-0.2, 0) is 9.47 Å². The van der Waals surface area contributed by atoms with E-state index in [0.717, 1.165) is 43.9 Å². The van der Waals surface area contributed by atoms with Crippen molar-refractivity contribution in [3.63, 3.8) is 0 Å². The molecule has 2 aliphatic rings. The van der Waals surface area contributed by atoms with E-state index in [0.29, 0.717) is 25.0 Å². The smallest absolute Gasteiger partial charge is 0.247 e. The van der Waals surface area contributed by atoms with E-state index in [4.69, 9.17) is 13.9 Å². The van der Waals surface area contributed by atoms with Gasteiger partial charge in [-0.25, -0.2) is 0 Å². The minimum Gasteiger partial charge on any atom is -0.420 e. The summed E-state index contributed by atoms with van der Waals surface area (Å²) in [5.74, 6) is 1.72. The SMILES string of the molecule is c1ccc(-c2nnc(C3CCN(CC4OCCO4)CC3)o2)cc1. The van der Waals surface area contributed by atoms with Gasteiger partial charge in [0, 0.05) is 18.0 Å². The lowest BCUT2D eigenvalue weighted by atomic mass is 9.97. The molecule has 0 N–H and O–H groups in total. The Morgan fingerprint density at radius 1 is 1.00 bits per heavy atom. The first-order valence-electron chi connectivity index (χ1n) is 8.23. The lowest BCUT2D eigenvalue weighted by molar-refractivity contribution is -0.0650. The van der Waals surface area contributed by atoms with Crippen LogP contribution in [0.3, 0.4) is 0 Å². The molecule has 23 heavy (non-hydrogen) atoms. The molecule has 4 rings (SSSR count). The number of benzene rings is 1. The molecule has 2 saturated heterocycles. The predicted octanol–water partition coefficient (Wildman–Crippen LogP) is 2.29. The maximum Gasteiger partial charge on any atom is 0.247 e. The summed E-state index contributed by atoms with van der Waals surface area (Å²) in [5, 5.41) is 8.45. The molecule has 2 aliphatic heterocycles. The van der Waals surface area contributed by atoms with E-state index in [1.807, 2.05) is 30.3 Å². The molecule has 0 unspecified atom stereocenters. The number of piperidine rings is 1. The van der Waals surface area contributed by atoms with Crippen LogP contribution in [0, 0.1) is 0 Å². The number of nitrogens with zero attached hydrogens (tertiary/aromatic N) is 3. The topological polar surface area (TPSA) is 60.6 Å². The Kier molecular flexibility index (Phi) is 4.37. The molecule has 2 fully saturated rings. The van der Waals surface area contributed by atoms with Crippen molar-refractivity contribution in [3.8, 4) is 11.5 Å². The molecule has 0 aliphatic carbocycles. The van der Waals surface area contributed by atoms with Gasteiger partial charge in [-0.15, -0.1) is 10.2 Å². The molecular formula is C17H21N3O3. The van der Waals surface area contributed by atoms with Gasteiger partial charge in [0.05, 0.1) is 13.2 Å². The van der Waals surface area contributed by atoms with Gasteiger partial charge < -0.3 is 13.9 Å². The van der Waals surface area contributed by atoms with Crippen molar-refractivity contribution in [3.05, 3.63) is 36.2 Å². The van der Waals surface area contributed by atoms with Gasteiger partial charge in [0.1, 0.15) is 0 Å². The molecule has 0 radical (unpaired) electrons. The van der Waals surface area contributed by atoms with Gasteiger partial charge in [0.15, 0.2) is 6.29 Å². The van der Waals surface area contributed by atoms with E-state index >= 15 is 0 Å². The first-order chi connectivity index (χ1) is 11.4. The fraction of sp³-hybridized carbons (Fsp3) is 0.529. The van der Waals surface area contributed by atoms with Gasteiger partial charge in [-0.1, -0.05) is 18.2 Å². The first-order valence-corrected chi connectivity index (χ1v) is 8.23. The van der Waals surface area contributed by atoms with E-state index in [1.54, 1.807) is 0 Å². The maximum absolute atomic E-state index is 5.89. The Morgan fingerprint density at radius 3 is 2.48 bits per heavy atom. The largest absolute Gasteiger partial charge is 0.420 e. The second kappa shape index (κ2) is 6.78. The Labute approximate surface area is 135 Å². The third-order valence-corrected chi connectivity index (χ3v) is 4.50. The molecule has 122 valence electrons. The zero-order chi connectivity index (χ0) is 15.5. The van der Waals surface area contributed by atoms with E-state index in [9.17, 15) is 0 Å². The van der Waals surface area contributed by atoms with Crippen LogP contribution in [0.5, 0.6) is 0 Å². The summed E-state index contributed by atoms with van der Waals surface area (Å²) in [6.07, 6.45) is 2.01. The van der Waals surface area contributed by atoms with Gasteiger partial charge in [-0.05, 0) is 38.1 Å². The average Bonchev–Trinajstić information content (AvgIpc) is 3.28. The predicted molar refractivity (Wildman–Crippen MR) is 83.8 cm³/mol. The third-order valence-electron chi connectivity index (χ3n) is 4.50. The van der Waals surface area contributed by atoms with Crippen LogP contribution >= 0.6 is 0 Å². The van der Waals surface area contributed by atoms with Crippen molar-refractivity contribution in [1.29, 1.82) is 0 Å². The van der Waals surface area contributed by atoms with Crippen LogP contribution in [-0.4, -0.2) is 54.2 Å². The molecule has 2 aromatic rings. The summed E-state index contributed by atoms with van der Waals surface area (Å²) in [7, 11) is 0. The highest BCUT2D eigenvalue weighted by molar-refractivity contribution is 5.51. The second-order valence-electron chi connectivity index (χ2n) is 6.06. The summed E-state index contributed by atoms with van der Waals surface area (Å²) in [4.78, 5) is 2.39. The van der Waals surface area contributed by atoms with Crippen LogP contribution in [0.25, 0.3) is 11.5 Å². The minimum atomic E-state index is -0.0559. The Morgan fingerprint density at radius 2 is 1.74 bits per heavy atom. The molecular weight excluding hydrogens is 294 g/mol. The Hall–Kier alpha value is -1.76. The molecule has 0 bridgehead atoms. The lowest BCUT2D eigenvalue weighted by Crippen LogP contribution is -2.38. The number of hydrogen-bond acceptors (Lipinski definition) is 6. The van der Waals surface area contributed by atoms with Crippen LogP contribution < -0.4 is 0 Å². The fourth-order valence-electron chi connectivity index (χ4n) is 3.18. The zero-order valence-corrected chi connectivity index (χ0v) is 13.1. The normalized spacial score (nSPS) is 21.0. The Bertz CT molecular complexity index is 617. The molecule has 0 spiro atoms. The summed E-state index contributed by atoms with van der Waals surface area (Å²) in [5.41, 5.74) is 0.971. The summed E-state index contributed by atoms with van der Waals surface area (Å²) in [6.45, 7) is 4.30. The van der Waals surface area contributed by atoms with Gasteiger partial charge in [0.2, 0.25) is 11.8 Å². The molecule has 6 nitrogen and oxygen atoms in total. The third kappa shape index (κ3) is 3.44. The minimum absolute atomic E-state index is 0.0559. The highest BCUT2D eigenvalue weighted by atomic mass is 16.7. The summed E-state index contributed by atoms with van der Waals surface area (Å²) in [6, 6.07) is 9.91. The number of ether oxygens (including phenoxy) is 2. The van der Waals surface area contributed by atoms with Crippen LogP contribution in [0.2, 0.25) is 0 Å². The van der Waals surface area contributed by atoms with Crippen molar-refractivity contribution in [1.82, 2.24) is 15.1 Å². The second-order valence-corrected chi connectivity index (χ2v) is 6.06.